The van der Waals surface area contributed by atoms with Gasteiger partial charge in [0.1, 0.15) is 0 Å². The third-order valence-electron chi connectivity index (χ3n) is 4.77. The highest BCUT2D eigenvalue weighted by Crippen LogP contribution is 2.30. The lowest BCUT2D eigenvalue weighted by Gasteiger charge is -2.23. The number of carbonyl (C=O) groups excluding carboxylic acids is 2. The molecule has 2 aliphatic rings. The first-order chi connectivity index (χ1) is 12.6. The number of rotatable bonds is 3. The van der Waals surface area contributed by atoms with E-state index in [2.05, 4.69) is 4.90 Å². The number of benzene rings is 1. The second-order valence-electron chi connectivity index (χ2n) is 6.53. The third-order valence-corrected chi connectivity index (χ3v) is 5.66. The molecule has 0 N–H and O–H groups in total. The van der Waals surface area contributed by atoms with E-state index >= 15 is 0 Å². The molecule has 0 aliphatic carbocycles. The molecule has 1 fully saturated rings. The Morgan fingerprint density at radius 2 is 1.85 bits per heavy atom. The van der Waals surface area contributed by atoms with Gasteiger partial charge in [0, 0.05) is 45.4 Å². The number of hydrogen-bond donors (Lipinski definition) is 0. The van der Waals surface area contributed by atoms with Crippen LogP contribution in [-0.4, -0.2) is 65.0 Å². The van der Waals surface area contributed by atoms with Crippen molar-refractivity contribution in [3.63, 3.8) is 0 Å². The third kappa shape index (κ3) is 3.21. The van der Waals surface area contributed by atoms with Crippen molar-refractivity contribution < 1.29 is 9.59 Å². The van der Waals surface area contributed by atoms with Crippen molar-refractivity contribution in [3.05, 3.63) is 24.3 Å². The van der Waals surface area contributed by atoms with Gasteiger partial charge in [0.25, 0.3) is 5.24 Å². The molecule has 2 aliphatic heterocycles. The van der Waals surface area contributed by atoms with Gasteiger partial charge in [0.15, 0.2) is 11.6 Å². The molecule has 0 atom stereocenters. The van der Waals surface area contributed by atoms with Crippen molar-refractivity contribution in [2.24, 2.45) is 0 Å². The lowest BCUT2D eigenvalue weighted by Crippen LogP contribution is -2.35. The normalized spacial score (nSPS) is 17.6. The van der Waals surface area contributed by atoms with Gasteiger partial charge in [-0.3, -0.25) is 14.5 Å². The summed E-state index contributed by atoms with van der Waals surface area (Å²) in [5.41, 5.74) is 1.61. The number of amides is 2. The Kier molecular flexibility index (Phi) is 4.67. The monoisotopic (exact) mass is 371 g/mol. The molecule has 1 aromatic heterocycles. The Morgan fingerprint density at radius 1 is 1.12 bits per heavy atom. The Hall–Kier alpha value is -2.35. The highest BCUT2D eigenvalue weighted by atomic mass is 32.2. The summed E-state index contributed by atoms with van der Waals surface area (Å²) in [7, 11) is 1.98. The van der Waals surface area contributed by atoms with Crippen LogP contribution >= 0.6 is 11.8 Å². The van der Waals surface area contributed by atoms with Crippen LogP contribution < -0.4 is 9.80 Å². The number of fused-ring (bicyclic) bond motifs is 2. The fourth-order valence-corrected chi connectivity index (χ4v) is 4.18. The van der Waals surface area contributed by atoms with Crippen molar-refractivity contribution >= 4 is 45.6 Å². The van der Waals surface area contributed by atoms with Crippen LogP contribution in [0.2, 0.25) is 0 Å². The zero-order chi connectivity index (χ0) is 18.1. The van der Waals surface area contributed by atoms with E-state index in [1.165, 1.54) is 11.8 Å². The molecule has 0 unspecified atom stereocenters. The Labute approximate surface area is 156 Å². The van der Waals surface area contributed by atoms with Gasteiger partial charge in [-0.1, -0.05) is 23.9 Å². The van der Waals surface area contributed by atoms with Crippen molar-refractivity contribution in [2.75, 3.05) is 48.8 Å². The van der Waals surface area contributed by atoms with Gasteiger partial charge < -0.3 is 9.80 Å². The quantitative estimate of drug-likeness (QED) is 0.825. The van der Waals surface area contributed by atoms with Crippen LogP contribution in [0.3, 0.4) is 0 Å². The number of carbonyl (C=O) groups is 2. The molecule has 1 aromatic carbocycles. The van der Waals surface area contributed by atoms with Crippen molar-refractivity contribution in [3.8, 4) is 0 Å². The Morgan fingerprint density at radius 3 is 2.54 bits per heavy atom. The fourth-order valence-electron chi connectivity index (χ4n) is 3.33. The first kappa shape index (κ1) is 17.1. The lowest BCUT2D eigenvalue weighted by molar-refractivity contribution is -0.118. The van der Waals surface area contributed by atoms with E-state index in [4.69, 9.17) is 9.97 Å². The standard InChI is InChI=1S/C18H21N5O2S/c1-21-8-4-9-23(15(24)7-10-22-11-12-26-18(22)25)17-16(21)19-13-5-2-3-6-14(13)20-17/h2-3,5-6H,4,7-12H2,1H3. The van der Waals surface area contributed by atoms with Gasteiger partial charge in [0.2, 0.25) is 5.91 Å². The molecule has 0 radical (unpaired) electrons. The molecule has 0 saturated carbocycles. The van der Waals surface area contributed by atoms with Gasteiger partial charge >= 0.3 is 0 Å². The summed E-state index contributed by atoms with van der Waals surface area (Å²) in [5.74, 6) is 2.16. The van der Waals surface area contributed by atoms with Crippen molar-refractivity contribution in [1.82, 2.24) is 14.9 Å². The van der Waals surface area contributed by atoms with Gasteiger partial charge in [0.05, 0.1) is 11.0 Å². The number of aromatic nitrogens is 2. The molecule has 136 valence electrons. The van der Waals surface area contributed by atoms with Crippen LogP contribution in [0.25, 0.3) is 11.0 Å². The van der Waals surface area contributed by atoms with E-state index in [0.29, 0.717) is 25.3 Å². The average molecular weight is 371 g/mol. The highest BCUT2D eigenvalue weighted by molar-refractivity contribution is 8.13. The summed E-state index contributed by atoms with van der Waals surface area (Å²) in [6.45, 7) is 2.63. The minimum Gasteiger partial charge on any atom is -0.357 e. The van der Waals surface area contributed by atoms with E-state index in [0.717, 1.165) is 42.1 Å². The van der Waals surface area contributed by atoms with E-state index < -0.39 is 0 Å². The first-order valence-corrected chi connectivity index (χ1v) is 9.82. The van der Waals surface area contributed by atoms with E-state index in [1.54, 1.807) is 9.80 Å². The number of hydrogen-bond acceptors (Lipinski definition) is 6. The maximum absolute atomic E-state index is 12.9. The van der Waals surface area contributed by atoms with E-state index in [9.17, 15) is 9.59 Å². The van der Waals surface area contributed by atoms with Crippen LogP contribution in [0, 0.1) is 0 Å². The molecule has 2 amide bonds. The van der Waals surface area contributed by atoms with Crippen LogP contribution in [0.4, 0.5) is 16.4 Å². The molecule has 26 heavy (non-hydrogen) atoms. The summed E-state index contributed by atoms with van der Waals surface area (Å²) in [4.78, 5) is 39.7. The summed E-state index contributed by atoms with van der Waals surface area (Å²) < 4.78 is 0. The smallest absolute Gasteiger partial charge is 0.281 e. The second kappa shape index (κ2) is 7.11. The molecule has 3 heterocycles. The Balaban J connectivity index is 1.62. The molecule has 4 rings (SSSR count). The Bertz CT molecular complexity index is 859. The summed E-state index contributed by atoms with van der Waals surface area (Å²) in [5, 5.41) is 0.0691. The zero-order valence-corrected chi connectivity index (χ0v) is 15.5. The molecule has 1 saturated heterocycles. The topological polar surface area (TPSA) is 69.6 Å². The lowest BCUT2D eigenvalue weighted by atomic mass is 10.3. The largest absolute Gasteiger partial charge is 0.357 e. The maximum Gasteiger partial charge on any atom is 0.281 e. The van der Waals surface area contributed by atoms with Crippen LogP contribution in [0.1, 0.15) is 12.8 Å². The van der Waals surface area contributed by atoms with Gasteiger partial charge in [-0.25, -0.2) is 9.97 Å². The number of thioether (sulfide) groups is 1. The maximum atomic E-state index is 12.9. The van der Waals surface area contributed by atoms with Gasteiger partial charge in [-0.2, -0.15) is 0 Å². The summed E-state index contributed by atoms with van der Waals surface area (Å²) >= 11 is 1.32. The van der Waals surface area contributed by atoms with E-state index in [-0.39, 0.29) is 11.1 Å². The summed E-state index contributed by atoms with van der Waals surface area (Å²) in [6.07, 6.45) is 1.17. The molecule has 8 heteroatoms. The number of para-hydroxylation sites is 2. The van der Waals surface area contributed by atoms with Crippen molar-refractivity contribution in [1.29, 1.82) is 0 Å². The second-order valence-corrected chi connectivity index (χ2v) is 7.58. The van der Waals surface area contributed by atoms with Crippen LogP contribution in [0.5, 0.6) is 0 Å². The average Bonchev–Trinajstić information content (AvgIpc) is 2.99. The SMILES string of the molecule is CN1CCCN(C(=O)CCN2CCSC2=O)c2nc3ccccc3nc21. The number of anilines is 2. The van der Waals surface area contributed by atoms with Crippen LogP contribution in [0.15, 0.2) is 24.3 Å². The predicted octanol–water partition coefficient (Wildman–Crippen LogP) is 2.36. The van der Waals surface area contributed by atoms with Gasteiger partial charge in [-0.15, -0.1) is 0 Å². The highest BCUT2D eigenvalue weighted by Gasteiger charge is 2.28. The molecule has 7 nitrogen and oxygen atoms in total. The predicted molar refractivity (Wildman–Crippen MR) is 104 cm³/mol. The molecule has 2 aromatic rings. The minimum atomic E-state index is -0.00386. The first-order valence-electron chi connectivity index (χ1n) is 8.83. The molecule has 0 spiro atoms. The molecular weight excluding hydrogens is 350 g/mol. The van der Waals surface area contributed by atoms with Crippen molar-refractivity contribution in [2.45, 2.75) is 12.8 Å². The van der Waals surface area contributed by atoms with Gasteiger partial charge in [-0.05, 0) is 18.6 Å². The van der Waals surface area contributed by atoms with Crippen LogP contribution in [-0.2, 0) is 4.79 Å². The summed E-state index contributed by atoms with van der Waals surface area (Å²) in [6, 6.07) is 7.71. The molecule has 0 bridgehead atoms. The fraction of sp³-hybridized carbons (Fsp3) is 0.444. The minimum absolute atomic E-state index is 0.00386. The van der Waals surface area contributed by atoms with E-state index in [1.807, 2.05) is 31.3 Å². The zero-order valence-electron chi connectivity index (χ0n) is 14.7. The number of nitrogens with zero attached hydrogens (tertiary/aromatic N) is 5. The molecular formula is C18H21N5O2S.